The molecule has 1 unspecified atom stereocenters. The molecule has 0 N–H and O–H groups in total. The normalized spacial score (nSPS) is 22.9. The number of hydrogen-bond donors (Lipinski definition) is 0. The van der Waals surface area contributed by atoms with Crippen LogP contribution in [-0.2, 0) is 9.59 Å². The van der Waals surface area contributed by atoms with Crippen LogP contribution in [0.3, 0.4) is 0 Å². The highest BCUT2D eigenvalue weighted by Crippen LogP contribution is 2.30. The molecule has 100 valence electrons. The van der Waals surface area contributed by atoms with Crippen molar-refractivity contribution in [3.8, 4) is 0 Å². The molecule has 2 fully saturated rings. The molecule has 1 aromatic rings. The number of carbonyl (C=O) groups is 2. The number of fused-ring (bicyclic) bond motifs is 1. The van der Waals surface area contributed by atoms with Crippen molar-refractivity contribution >= 4 is 33.4 Å². The van der Waals surface area contributed by atoms with E-state index in [0.29, 0.717) is 0 Å². The van der Waals surface area contributed by atoms with Crippen LogP contribution in [0.1, 0.15) is 18.4 Å². The second-order valence-corrected chi connectivity index (χ2v) is 6.02. The molecule has 19 heavy (non-hydrogen) atoms. The summed E-state index contributed by atoms with van der Waals surface area (Å²) in [4.78, 5) is 28.0. The van der Waals surface area contributed by atoms with Crippen LogP contribution in [0.5, 0.6) is 0 Å². The summed E-state index contributed by atoms with van der Waals surface area (Å²) in [5, 5.41) is 0. The fraction of sp³-hybridized carbons (Fsp3) is 0.429. The number of nitrogens with zero attached hydrogens (tertiary/aromatic N) is 2. The first-order valence-electron chi connectivity index (χ1n) is 6.45. The van der Waals surface area contributed by atoms with Crippen LogP contribution in [0.4, 0.5) is 5.69 Å². The van der Waals surface area contributed by atoms with Crippen LogP contribution < -0.4 is 4.90 Å². The summed E-state index contributed by atoms with van der Waals surface area (Å²) in [6.07, 6.45) is 1.71. The molecule has 0 saturated carbocycles. The fourth-order valence-electron chi connectivity index (χ4n) is 2.88. The molecule has 0 bridgehead atoms. The van der Waals surface area contributed by atoms with E-state index in [2.05, 4.69) is 15.9 Å². The van der Waals surface area contributed by atoms with Crippen molar-refractivity contribution in [2.24, 2.45) is 0 Å². The molecule has 0 radical (unpaired) electrons. The first-order chi connectivity index (χ1) is 9.08. The average molecular weight is 323 g/mol. The number of hydrogen-bond acceptors (Lipinski definition) is 2. The van der Waals surface area contributed by atoms with Gasteiger partial charge < -0.3 is 9.80 Å². The molecule has 2 saturated heterocycles. The Morgan fingerprint density at radius 3 is 2.89 bits per heavy atom. The van der Waals surface area contributed by atoms with Gasteiger partial charge in [0.1, 0.15) is 12.6 Å². The van der Waals surface area contributed by atoms with Crippen LogP contribution in [0.25, 0.3) is 0 Å². The maximum Gasteiger partial charge on any atom is 0.250 e. The molecule has 0 aliphatic carbocycles. The lowest BCUT2D eigenvalue weighted by Crippen LogP contribution is -2.57. The largest absolute Gasteiger partial charge is 0.329 e. The third-order valence-corrected chi connectivity index (χ3v) is 4.37. The van der Waals surface area contributed by atoms with E-state index < -0.39 is 0 Å². The predicted octanol–water partition coefficient (Wildman–Crippen LogP) is 2.10. The van der Waals surface area contributed by atoms with Gasteiger partial charge >= 0.3 is 0 Å². The summed E-state index contributed by atoms with van der Waals surface area (Å²) >= 11 is 3.42. The van der Waals surface area contributed by atoms with Gasteiger partial charge in [0.15, 0.2) is 0 Å². The molecule has 2 aliphatic rings. The molecule has 2 aliphatic heterocycles. The van der Waals surface area contributed by atoms with E-state index in [4.69, 9.17) is 0 Å². The summed E-state index contributed by atoms with van der Waals surface area (Å²) in [5.74, 6) is 0.111. The number of halogens is 1. The van der Waals surface area contributed by atoms with Crippen LogP contribution in [0.15, 0.2) is 22.7 Å². The molecule has 3 rings (SSSR count). The monoisotopic (exact) mass is 322 g/mol. The number of anilines is 1. The highest BCUT2D eigenvalue weighted by molar-refractivity contribution is 9.10. The third kappa shape index (κ3) is 2.06. The Morgan fingerprint density at radius 1 is 1.32 bits per heavy atom. The van der Waals surface area contributed by atoms with Gasteiger partial charge in [0, 0.05) is 16.7 Å². The Bertz CT molecular complexity index is 558. The van der Waals surface area contributed by atoms with Crippen molar-refractivity contribution in [2.75, 3.05) is 18.0 Å². The minimum Gasteiger partial charge on any atom is -0.329 e. The number of piperazine rings is 1. The first-order valence-corrected chi connectivity index (χ1v) is 7.24. The average Bonchev–Trinajstić information content (AvgIpc) is 2.87. The van der Waals surface area contributed by atoms with E-state index in [0.717, 1.165) is 35.1 Å². The minimum atomic E-state index is -0.250. The zero-order valence-electron chi connectivity index (χ0n) is 10.7. The van der Waals surface area contributed by atoms with Gasteiger partial charge in [-0.2, -0.15) is 0 Å². The van der Waals surface area contributed by atoms with Gasteiger partial charge in [-0.3, -0.25) is 9.59 Å². The third-order valence-electron chi connectivity index (χ3n) is 3.88. The zero-order valence-corrected chi connectivity index (χ0v) is 12.3. The van der Waals surface area contributed by atoms with E-state index in [-0.39, 0.29) is 24.4 Å². The molecule has 4 nitrogen and oxygen atoms in total. The minimum absolute atomic E-state index is 0.0540. The van der Waals surface area contributed by atoms with E-state index in [9.17, 15) is 9.59 Å². The molecule has 1 aromatic carbocycles. The molecule has 0 spiro atoms. The van der Waals surface area contributed by atoms with Crippen LogP contribution >= 0.6 is 15.9 Å². The van der Waals surface area contributed by atoms with Gasteiger partial charge in [-0.15, -0.1) is 0 Å². The lowest BCUT2D eigenvalue weighted by atomic mass is 10.1. The van der Waals surface area contributed by atoms with E-state index in [1.165, 1.54) is 0 Å². The molecule has 5 heteroatoms. The highest BCUT2D eigenvalue weighted by Gasteiger charge is 2.42. The SMILES string of the molecule is Cc1ccc(Br)cc1N1CC(=O)N2CCCC2C1=O. The molecular weight excluding hydrogens is 308 g/mol. The number of rotatable bonds is 1. The topological polar surface area (TPSA) is 40.6 Å². The maximum absolute atomic E-state index is 12.5. The van der Waals surface area contributed by atoms with Crippen molar-refractivity contribution in [3.63, 3.8) is 0 Å². The standard InChI is InChI=1S/C14H15BrN2O2/c1-9-4-5-10(15)7-12(9)17-8-13(18)16-6-2-3-11(16)14(17)19/h4-5,7,11H,2-3,6,8H2,1H3. The van der Waals surface area contributed by atoms with Gasteiger partial charge in [-0.25, -0.2) is 0 Å². The van der Waals surface area contributed by atoms with Crippen LogP contribution in [0.2, 0.25) is 0 Å². The molecule has 1 atom stereocenters. The lowest BCUT2D eigenvalue weighted by molar-refractivity contribution is -0.140. The summed E-state index contributed by atoms with van der Waals surface area (Å²) in [6, 6.07) is 5.56. The van der Waals surface area contributed by atoms with Crippen molar-refractivity contribution in [1.82, 2.24) is 4.90 Å². The number of aryl methyl sites for hydroxylation is 1. The second kappa shape index (κ2) is 4.63. The first kappa shape index (κ1) is 12.7. The van der Waals surface area contributed by atoms with E-state index in [1.807, 2.05) is 25.1 Å². The number of amides is 2. The van der Waals surface area contributed by atoms with E-state index >= 15 is 0 Å². The van der Waals surface area contributed by atoms with E-state index in [1.54, 1.807) is 9.80 Å². The Kier molecular flexibility index (Phi) is 3.09. The van der Waals surface area contributed by atoms with Gasteiger partial charge in [-0.1, -0.05) is 22.0 Å². The summed E-state index contributed by atoms with van der Waals surface area (Å²) < 4.78 is 0.919. The molecule has 2 heterocycles. The summed E-state index contributed by atoms with van der Waals surface area (Å²) in [6.45, 7) is 2.84. The maximum atomic E-state index is 12.5. The van der Waals surface area contributed by atoms with Crippen LogP contribution in [0, 0.1) is 6.92 Å². The zero-order chi connectivity index (χ0) is 13.6. The Balaban J connectivity index is 1.98. The van der Waals surface area contributed by atoms with Crippen LogP contribution in [-0.4, -0.2) is 35.8 Å². The molecular formula is C14H15BrN2O2. The van der Waals surface area contributed by atoms with Gasteiger partial charge in [0.2, 0.25) is 11.8 Å². The lowest BCUT2D eigenvalue weighted by Gasteiger charge is -2.37. The Morgan fingerprint density at radius 2 is 2.11 bits per heavy atom. The number of benzene rings is 1. The smallest absolute Gasteiger partial charge is 0.250 e. The van der Waals surface area contributed by atoms with Gasteiger partial charge in [0.05, 0.1) is 0 Å². The van der Waals surface area contributed by atoms with Crippen molar-refractivity contribution in [1.29, 1.82) is 0 Å². The van der Waals surface area contributed by atoms with Crippen molar-refractivity contribution < 1.29 is 9.59 Å². The van der Waals surface area contributed by atoms with Crippen molar-refractivity contribution in [3.05, 3.63) is 28.2 Å². The molecule has 0 aromatic heterocycles. The van der Waals surface area contributed by atoms with Crippen molar-refractivity contribution in [2.45, 2.75) is 25.8 Å². The van der Waals surface area contributed by atoms with Gasteiger partial charge in [0.25, 0.3) is 0 Å². The number of carbonyl (C=O) groups excluding carboxylic acids is 2. The van der Waals surface area contributed by atoms with Gasteiger partial charge in [-0.05, 0) is 37.5 Å². The summed E-state index contributed by atoms with van der Waals surface area (Å²) in [5.41, 5.74) is 1.84. The summed E-state index contributed by atoms with van der Waals surface area (Å²) in [7, 11) is 0. The second-order valence-electron chi connectivity index (χ2n) is 5.10. The Hall–Kier alpha value is -1.36. The quantitative estimate of drug-likeness (QED) is 0.794. The fourth-order valence-corrected chi connectivity index (χ4v) is 3.23. The Labute approximate surface area is 120 Å². The predicted molar refractivity (Wildman–Crippen MR) is 76.0 cm³/mol. The molecule has 2 amide bonds. The highest BCUT2D eigenvalue weighted by atomic mass is 79.9.